The maximum atomic E-state index is 12.6. The molecule has 0 spiro atoms. The van der Waals surface area contributed by atoms with Gasteiger partial charge in [0.05, 0.1) is 6.54 Å². The van der Waals surface area contributed by atoms with Gasteiger partial charge in [0.2, 0.25) is 11.7 Å². The maximum absolute atomic E-state index is 12.6. The Balaban J connectivity index is 1.63. The van der Waals surface area contributed by atoms with Gasteiger partial charge in [-0.2, -0.15) is 4.98 Å². The van der Waals surface area contributed by atoms with Crippen LogP contribution in [-0.2, 0) is 11.3 Å². The summed E-state index contributed by atoms with van der Waals surface area (Å²) in [6, 6.07) is 15.4. The van der Waals surface area contributed by atoms with Crippen LogP contribution < -0.4 is 4.74 Å². The Labute approximate surface area is 158 Å². The van der Waals surface area contributed by atoms with Gasteiger partial charge < -0.3 is 14.2 Å². The number of hydrogen-bond acceptors (Lipinski definition) is 5. The molecule has 6 heteroatoms. The number of hydrogen-bond donors (Lipinski definition) is 0. The zero-order valence-corrected chi connectivity index (χ0v) is 16.0. The molecule has 0 bridgehead atoms. The Morgan fingerprint density at radius 1 is 1.15 bits per heavy atom. The molecule has 0 aliphatic rings. The molecule has 1 amide bonds. The summed E-state index contributed by atoms with van der Waals surface area (Å²) in [7, 11) is 1.69. The van der Waals surface area contributed by atoms with Gasteiger partial charge in [-0.25, -0.2) is 0 Å². The highest BCUT2D eigenvalue weighted by Crippen LogP contribution is 2.22. The zero-order chi connectivity index (χ0) is 19.4. The van der Waals surface area contributed by atoms with Gasteiger partial charge >= 0.3 is 0 Å². The van der Waals surface area contributed by atoms with Crippen molar-refractivity contribution in [3.8, 4) is 17.1 Å². The standard InChI is InChI=1S/C21H23N3O3/c1-14-9-8-12-18(15(14)2)26-16(3)21(25)24(4)13-19-22-20(23-27-19)17-10-6-5-7-11-17/h5-12,16H,13H2,1-4H3. The molecular formula is C21H23N3O3. The summed E-state index contributed by atoms with van der Waals surface area (Å²) in [5.41, 5.74) is 3.03. The number of aryl methyl sites for hydroxylation is 1. The molecule has 6 nitrogen and oxygen atoms in total. The molecule has 27 heavy (non-hydrogen) atoms. The smallest absolute Gasteiger partial charge is 0.263 e. The first-order chi connectivity index (χ1) is 13.0. The molecule has 3 aromatic rings. The third-order valence-electron chi connectivity index (χ3n) is 4.46. The molecule has 1 aromatic heterocycles. The summed E-state index contributed by atoms with van der Waals surface area (Å²) in [6.07, 6.45) is -0.619. The van der Waals surface area contributed by atoms with Crippen molar-refractivity contribution in [2.75, 3.05) is 7.05 Å². The van der Waals surface area contributed by atoms with Crippen LogP contribution in [0, 0.1) is 13.8 Å². The molecule has 0 aliphatic carbocycles. The van der Waals surface area contributed by atoms with Crippen molar-refractivity contribution in [3.05, 3.63) is 65.5 Å². The van der Waals surface area contributed by atoms with E-state index >= 15 is 0 Å². The van der Waals surface area contributed by atoms with Gasteiger partial charge in [0.25, 0.3) is 5.91 Å². The van der Waals surface area contributed by atoms with Crippen LogP contribution >= 0.6 is 0 Å². The monoisotopic (exact) mass is 365 g/mol. The first-order valence-corrected chi connectivity index (χ1v) is 8.81. The lowest BCUT2D eigenvalue weighted by Gasteiger charge is -2.21. The SMILES string of the molecule is Cc1cccc(OC(C)C(=O)N(C)Cc2nc(-c3ccccc3)no2)c1C. The van der Waals surface area contributed by atoms with Crippen molar-refractivity contribution < 1.29 is 14.1 Å². The van der Waals surface area contributed by atoms with Gasteiger partial charge in [-0.15, -0.1) is 0 Å². The highest BCUT2D eigenvalue weighted by atomic mass is 16.5. The minimum Gasteiger partial charge on any atom is -0.481 e. The van der Waals surface area contributed by atoms with Gasteiger partial charge in [0.15, 0.2) is 6.10 Å². The fourth-order valence-corrected chi connectivity index (χ4v) is 2.71. The van der Waals surface area contributed by atoms with Crippen molar-refractivity contribution in [1.29, 1.82) is 0 Å². The van der Waals surface area contributed by atoms with E-state index in [2.05, 4.69) is 10.1 Å². The number of rotatable bonds is 6. The van der Waals surface area contributed by atoms with E-state index in [9.17, 15) is 4.79 Å². The van der Waals surface area contributed by atoms with Gasteiger partial charge in [-0.1, -0.05) is 47.6 Å². The quantitative estimate of drug-likeness (QED) is 0.665. The highest BCUT2D eigenvalue weighted by Gasteiger charge is 2.22. The lowest BCUT2D eigenvalue weighted by molar-refractivity contribution is -0.137. The lowest BCUT2D eigenvalue weighted by atomic mass is 10.1. The lowest BCUT2D eigenvalue weighted by Crippen LogP contribution is -2.37. The molecular weight excluding hydrogens is 342 g/mol. The number of likely N-dealkylation sites (N-methyl/N-ethyl adjacent to an activating group) is 1. The maximum Gasteiger partial charge on any atom is 0.263 e. The Hall–Kier alpha value is -3.15. The van der Waals surface area contributed by atoms with Crippen LogP contribution in [0.5, 0.6) is 5.75 Å². The first-order valence-electron chi connectivity index (χ1n) is 8.81. The fourth-order valence-electron chi connectivity index (χ4n) is 2.71. The second-order valence-corrected chi connectivity index (χ2v) is 6.53. The van der Waals surface area contributed by atoms with Crippen LogP contribution in [0.15, 0.2) is 53.1 Å². The predicted molar refractivity (Wildman–Crippen MR) is 102 cm³/mol. The molecule has 1 atom stereocenters. The van der Waals surface area contributed by atoms with E-state index in [0.717, 1.165) is 16.7 Å². The normalized spacial score (nSPS) is 11.9. The fraction of sp³-hybridized carbons (Fsp3) is 0.286. The van der Waals surface area contributed by atoms with Crippen molar-refractivity contribution >= 4 is 5.91 Å². The van der Waals surface area contributed by atoms with Crippen LogP contribution in [0.2, 0.25) is 0 Å². The van der Waals surface area contributed by atoms with E-state index in [4.69, 9.17) is 9.26 Å². The molecule has 1 unspecified atom stereocenters. The van der Waals surface area contributed by atoms with Crippen LogP contribution in [0.1, 0.15) is 23.9 Å². The summed E-state index contributed by atoms with van der Waals surface area (Å²) < 4.78 is 11.1. The molecule has 0 N–H and O–H groups in total. The molecule has 0 radical (unpaired) electrons. The van der Waals surface area contributed by atoms with Crippen LogP contribution in [0.3, 0.4) is 0 Å². The minimum absolute atomic E-state index is 0.157. The molecule has 3 rings (SSSR count). The molecule has 2 aromatic carbocycles. The van der Waals surface area contributed by atoms with Crippen LogP contribution in [-0.4, -0.2) is 34.1 Å². The van der Waals surface area contributed by atoms with Gasteiger partial charge in [0.1, 0.15) is 5.75 Å². The molecule has 0 aliphatic heterocycles. The van der Waals surface area contributed by atoms with Gasteiger partial charge in [-0.3, -0.25) is 4.79 Å². The average Bonchev–Trinajstić information content (AvgIpc) is 3.14. The van der Waals surface area contributed by atoms with E-state index in [1.54, 1.807) is 14.0 Å². The average molecular weight is 365 g/mol. The van der Waals surface area contributed by atoms with Gasteiger partial charge in [-0.05, 0) is 38.0 Å². The summed E-state index contributed by atoms with van der Waals surface area (Å²) in [5, 5.41) is 3.98. The highest BCUT2D eigenvalue weighted by molar-refractivity contribution is 5.80. The van der Waals surface area contributed by atoms with E-state index in [-0.39, 0.29) is 12.5 Å². The Bertz CT molecular complexity index is 921. The van der Waals surface area contributed by atoms with E-state index < -0.39 is 6.10 Å². The first kappa shape index (κ1) is 18.6. The predicted octanol–water partition coefficient (Wildman–Crippen LogP) is 3.78. The number of benzene rings is 2. The molecule has 0 saturated heterocycles. The van der Waals surface area contributed by atoms with E-state index in [0.29, 0.717) is 17.5 Å². The number of nitrogens with zero attached hydrogens (tertiary/aromatic N) is 3. The number of amides is 1. The van der Waals surface area contributed by atoms with Gasteiger partial charge in [0, 0.05) is 12.6 Å². The Morgan fingerprint density at radius 2 is 1.89 bits per heavy atom. The molecule has 1 heterocycles. The van der Waals surface area contributed by atoms with Crippen molar-refractivity contribution in [2.24, 2.45) is 0 Å². The Morgan fingerprint density at radius 3 is 2.63 bits per heavy atom. The second-order valence-electron chi connectivity index (χ2n) is 6.53. The molecule has 140 valence electrons. The summed E-state index contributed by atoms with van der Waals surface area (Å²) in [6.45, 7) is 5.96. The molecule has 0 saturated carbocycles. The van der Waals surface area contributed by atoms with Crippen LogP contribution in [0.25, 0.3) is 11.4 Å². The minimum atomic E-state index is -0.619. The summed E-state index contributed by atoms with van der Waals surface area (Å²) in [4.78, 5) is 18.5. The van der Waals surface area contributed by atoms with Crippen LogP contribution in [0.4, 0.5) is 0 Å². The largest absolute Gasteiger partial charge is 0.481 e. The van der Waals surface area contributed by atoms with E-state index in [1.165, 1.54) is 4.90 Å². The number of ether oxygens (including phenoxy) is 1. The Kier molecular flexibility index (Phi) is 5.54. The molecule has 0 fully saturated rings. The van der Waals surface area contributed by atoms with Crippen molar-refractivity contribution in [2.45, 2.75) is 33.4 Å². The van der Waals surface area contributed by atoms with E-state index in [1.807, 2.05) is 62.4 Å². The summed E-state index contributed by atoms with van der Waals surface area (Å²) >= 11 is 0. The second kappa shape index (κ2) is 8.03. The van der Waals surface area contributed by atoms with Crippen molar-refractivity contribution in [1.82, 2.24) is 15.0 Å². The summed E-state index contributed by atoms with van der Waals surface area (Å²) in [5.74, 6) is 1.44. The third kappa shape index (κ3) is 4.34. The number of carbonyl (C=O) groups is 1. The zero-order valence-electron chi connectivity index (χ0n) is 16.0. The third-order valence-corrected chi connectivity index (χ3v) is 4.46. The number of aromatic nitrogens is 2. The van der Waals surface area contributed by atoms with Crippen molar-refractivity contribution in [3.63, 3.8) is 0 Å². The topological polar surface area (TPSA) is 68.5 Å². The number of carbonyl (C=O) groups excluding carboxylic acids is 1.